The van der Waals surface area contributed by atoms with Crippen molar-refractivity contribution in [2.24, 2.45) is 11.1 Å². The first-order valence-electron chi connectivity index (χ1n) is 4.81. The van der Waals surface area contributed by atoms with E-state index in [1.54, 1.807) is 13.8 Å². The van der Waals surface area contributed by atoms with Crippen LogP contribution in [0.15, 0.2) is 12.1 Å². The Hall–Kier alpha value is -0.420. The second-order valence-corrected chi connectivity index (χ2v) is 4.79. The number of hydrogen-bond acceptors (Lipinski definition) is 2. The molecule has 0 spiro atoms. The predicted molar refractivity (Wildman–Crippen MR) is 66.4 cm³/mol. The zero-order valence-corrected chi connectivity index (χ0v) is 11.1. The molecule has 6 heteroatoms. The maximum absolute atomic E-state index is 13.6. The minimum absolute atomic E-state index is 0. The van der Waals surface area contributed by atoms with Crippen molar-refractivity contribution in [2.75, 3.05) is 6.61 Å². The van der Waals surface area contributed by atoms with Crippen LogP contribution in [0.1, 0.15) is 25.5 Å². The van der Waals surface area contributed by atoms with E-state index in [1.165, 1.54) is 0 Å². The SMILES string of the molecule is CC(C)(CO)[C@@H](N)c1c(F)ccc(Cl)c1F.Cl. The Kier molecular flexibility index (Phi) is 5.81. The number of halogens is 4. The van der Waals surface area contributed by atoms with E-state index < -0.39 is 23.1 Å². The molecule has 0 saturated heterocycles. The number of benzene rings is 1. The van der Waals surface area contributed by atoms with Crippen molar-refractivity contribution >= 4 is 24.0 Å². The molecule has 1 rings (SSSR count). The van der Waals surface area contributed by atoms with Crippen LogP contribution < -0.4 is 5.73 Å². The van der Waals surface area contributed by atoms with Crippen LogP contribution in [0, 0.1) is 17.0 Å². The molecule has 0 saturated carbocycles. The lowest BCUT2D eigenvalue weighted by Crippen LogP contribution is -2.33. The van der Waals surface area contributed by atoms with E-state index in [4.69, 9.17) is 22.4 Å². The van der Waals surface area contributed by atoms with Crippen LogP contribution in [-0.4, -0.2) is 11.7 Å². The van der Waals surface area contributed by atoms with Gasteiger partial charge in [-0.15, -0.1) is 12.4 Å². The van der Waals surface area contributed by atoms with Gasteiger partial charge in [-0.3, -0.25) is 0 Å². The normalized spacial score (nSPS) is 13.1. The molecule has 2 nitrogen and oxygen atoms in total. The summed E-state index contributed by atoms with van der Waals surface area (Å²) >= 11 is 5.56. The van der Waals surface area contributed by atoms with Crippen LogP contribution in [0.4, 0.5) is 8.78 Å². The minimum Gasteiger partial charge on any atom is -0.396 e. The molecular weight excluding hydrogens is 271 g/mol. The third-order valence-corrected chi connectivity index (χ3v) is 2.93. The van der Waals surface area contributed by atoms with E-state index in [-0.39, 0.29) is 29.6 Å². The molecule has 98 valence electrons. The average Bonchev–Trinajstić information content (AvgIpc) is 2.24. The molecule has 0 unspecified atom stereocenters. The Morgan fingerprint density at radius 3 is 2.41 bits per heavy atom. The molecular formula is C11H15Cl2F2NO. The lowest BCUT2D eigenvalue weighted by Gasteiger charge is -2.30. The maximum Gasteiger partial charge on any atom is 0.149 e. The van der Waals surface area contributed by atoms with E-state index in [0.717, 1.165) is 12.1 Å². The molecule has 0 radical (unpaired) electrons. The highest BCUT2D eigenvalue weighted by molar-refractivity contribution is 6.30. The van der Waals surface area contributed by atoms with Crippen LogP contribution >= 0.6 is 24.0 Å². The van der Waals surface area contributed by atoms with Crippen molar-refractivity contribution in [3.8, 4) is 0 Å². The first kappa shape index (κ1) is 16.6. The van der Waals surface area contributed by atoms with Crippen LogP contribution in [0.5, 0.6) is 0 Å². The van der Waals surface area contributed by atoms with Gasteiger partial charge in [0.1, 0.15) is 11.6 Å². The van der Waals surface area contributed by atoms with Gasteiger partial charge in [0.25, 0.3) is 0 Å². The largest absolute Gasteiger partial charge is 0.396 e. The highest BCUT2D eigenvalue weighted by Gasteiger charge is 2.32. The molecule has 0 aliphatic carbocycles. The molecule has 1 atom stereocenters. The smallest absolute Gasteiger partial charge is 0.149 e. The molecule has 0 aromatic heterocycles. The lowest BCUT2D eigenvalue weighted by molar-refractivity contribution is 0.129. The van der Waals surface area contributed by atoms with Crippen LogP contribution in [0.3, 0.4) is 0 Å². The molecule has 0 aliphatic heterocycles. The van der Waals surface area contributed by atoms with Crippen molar-refractivity contribution in [3.63, 3.8) is 0 Å². The summed E-state index contributed by atoms with van der Waals surface area (Å²) < 4.78 is 27.1. The van der Waals surface area contributed by atoms with Gasteiger partial charge in [0.05, 0.1) is 5.02 Å². The van der Waals surface area contributed by atoms with Crippen LogP contribution in [0.25, 0.3) is 0 Å². The van der Waals surface area contributed by atoms with Crippen molar-refractivity contribution in [1.82, 2.24) is 0 Å². The number of nitrogens with two attached hydrogens (primary N) is 1. The summed E-state index contributed by atoms with van der Waals surface area (Å²) in [5.41, 5.74) is 4.64. The highest BCUT2D eigenvalue weighted by Crippen LogP contribution is 2.35. The van der Waals surface area contributed by atoms with Gasteiger partial charge in [0.2, 0.25) is 0 Å². The second kappa shape index (κ2) is 5.96. The van der Waals surface area contributed by atoms with Gasteiger partial charge in [0.15, 0.2) is 0 Å². The van der Waals surface area contributed by atoms with Gasteiger partial charge in [-0.05, 0) is 12.1 Å². The van der Waals surface area contributed by atoms with Crippen LogP contribution in [0.2, 0.25) is 5.02 Å². The Bertz CT molecular complexity index is 399. The van der Waals surface area contributed by atoms with Gasteiger partial charge in [0, 0.05) is 23.6 Å². The molecule has 0 aliphatic rings. The van der Waals surface area contributed by atoms with E-state index in [1.807, 2.05) is 0 Å². The van der Waals surface area contributed by atoms with E-state index in [9.17, 15) is 8.78 Å². The number of rotatable bonds is 3. The summed E-state index contributed by atoms with van der Waals surface area (Å²) in [5, 5.41) is 8.94. The molecule has 0 heterocycles. The first-order chi connectivity index (χ1) is 7.31. The molecule has 0 bridgehead atoms. The Labute approximate surface area is 110 Å². The van der Waals surface area contributed by atoms with E-state index >= 15 is 0 Å². The molecule has 1 aromatic rings. The van der Waals surface area contributed by atoms with Crippen molar-refractivity contribution in [2.45, 2.75) is 19.9 Å². The predicted octanol–water partition coefficient (Wildman–Crippen LogP) is 3.06. The van der Waals surface area contributed by atoms with E-state index in [2.05, 4.69) is 0 Å². The lowest BCUT2D eigenvalue weighted by atomic mass is 9.81. The first-order valence-corrected chi connectivity index (χ1v) is 5.19. The summed E-state index contributed by atoms with van der Waals surface area (Å²) in [6.45, 7) is 2.97. The third kappa shape index (κ3) is 3.28. The van der Waals surface area contributed by atoms with Gasteiger partial charge >= 0.3 is 0 Å². The fourth-order valence-electron chi connectivity index (χ4n) is 1.32. The summed E-state index contributed by atoms with van der Waals surface area (Å²) in [5.74, 6) is -1.62. The minimum atomic E-state index is -0.962. The number of aliphatic hydroxyl groups excluding tert-OH is 1. The van der Waals surface area contributed by atoms with Crippen molar-refractivity contribution in [3.05, 3.63) is 34.4 Å². The number of hydrogen-bond donors (Lipinski definition) is 2. The third-order valence-electron chi connectivity index (χ3n) is 2.64. The molecule has 3 N–H and O–H groups in total. The molecule has 0 fully saturated rings. The summed E-state index contributed by atoms with van der Waals surface area (Å²) in [6.07, 6.45) is 0. The molecule has 17 heavy (non-hydrogen) atoms. The zero-order chi connectivity index (χ0) is 12.5. The summed E-state index contributed by atoms with van der Waals surface area (Å²) in [4.78, 5) is 0. The van der Waals surface area contributed by atoms with E-state index in [0.29, 0.717) is 0 Å². The second-order valence-electron chi connectivity index (χ2n) is 4.38. The number of aliphatic hydroxyl groups is 1. The van der Waals surface area contributed by atoms with Gasteiger partial charge < -0.3 is 10.8 Å². The standard InChI is InChI=1S/C11H14ClF2NO.ClH/c1-11(2,5-16)10(15)8-7(13)4-3-6(12)9(8)14;/h3-4,10,16H,5,15H2,1-2H3;1H/t10-;/m0./s1. The van der Waals surface area contributed by atoms with Crippen molar-refractivity contribution in [1.29, 1.82) is 0 Å². The fourth-order valence-corrected chi connectivity index (χ4v) is 1.48. The average molecular weight is 286 g/mol. The summed E-state index contributed by atoms with van der Waals surface area (Å²) in [6, 6.07) is 1.24. The quantitative estimate of drug-likeness (QED) is 0.839. The van der Waals surface area contributed by atoms with Gasteiger partial charge in [-0.2, -0.15) is 0 Å². The molecule has 1 aromatic carbocycles. The van der Waals surface area contributed by atoms with Crippen molar-refractivity contribution < 1.29 is 13.9 Å². The summed E-state index contributed by atoms with van der Waals surface area (Å²) in [7, 11) is 0. The van der Waals surface area contributed by atoms with Gasteiger partial charge in [-0.1, -0.05) is 25.4 Å². The molecule has 0 amide bonds. The topological polar surface area (TPSA) is 46.2 Å². The Morgan fingerprint density at radius 1 is 1.41 bits per heavy atom. The monoisotopic (exact) mass is 285 g/mol. The zero-order valence-electron chi connectivity index (χ0n) is 9.51. The van der Waals surface area contributed by atoms with Gasteiger partial charge in [-0.25, -0.2) is 8.78 Å². The highest BCUT2D eigenvalue weighted by atomic mass is 35.5. The Balaban J connectivity index is 0.00000256. The maximum atomic E-state index is 13.6. The fraction of sp³-hybridized carbons (Fsp3) is 0.455. The Morgan fingerprint density at radius 2 is 1.94 bits per heavy atom. The van der Waals surface area contributed by atoms with Crippen LogP contribution in [-0.2, 0) is 0 Å².